The molecule has 2 N–H and O–H groups in total. The number of nitriles is 1. The van der Waals surface area contributed by atoms with Gasteiger partial charge in [0, 0.05) is 10.2 Å². The van der Waals surface area contributed by atoms with Gasteiger partial charge in [0.2, 0.25) is 0 Å². The fraction of sp³-hybridized carbons (Fsp3) is 0.0714. The van der Waals surface area contributed by atoms with E-state index in [4.69, 9.17) is 11.6 Å². The van der Waals surface area contributed by atoms with E-state index in [0.29, 0.717) is 10.6 Å². The Labute approximate surface area is 124 Å². The van der Waals surface area contributed by atoms with Crippen LogP contribution in [0.1, 0.15) is 11.6 Å². The van der Waals surface area contributed by atoms with E-state index in [9.17, 15) is 10.4 Å². The monoisotopic (exact) mass is 336 g/mol. The fourth-order valence-electron chi connectivity index (χ4n) is 1.65. The van der Waals surface area contributed by atoms with Gasteiger partial charge in [0.25, 0.3) is 0 Å². The molecule has 3 nitrogen and oxygen atoms in total. The first kappa shape index (κ1) is 13.7. The lowest BCUT2D eigenvalue weighted by atomic mass is 10.1. The van der Waals surface area contributed by atoms with Gasteiger partial charge in [-0.3, -0.25) is 0 Å². The second-order valence-electron chi connectivity index (χ2n) is 3.93. The zero-order valence-corrected chi connectivity index (χ0v) is 12.1. The van der Waals surface area contributed by atoms with Crippen molar-refractivity contribution in [2.75, 3.05) is 5.32 Å². The number of phenolic OH excluding ortho intramolecular Hbond substituents is 1. The number of benzene rings is 2. The van der Waals surface area contributed by atoms with Gasteiger partial charge in [-0.2, -0.15) is 5.26 Å². The summed E-state index contributed by atoms with van der Waals surface area (Å²) in [7, 11) is 0. The van der Waals surface area contributed by atoms with Gasteiger partial charge in [0.05, 0.1) is 11.1 Å². The van der Waals surface area contributed by atoms with E-state index >= 15 is 0 Å². The molecule has 0 fully saturated rings. The number of phenols is 1. The van der Waals surface area contributed by atoms with Crippen molar-refractivity contribution in [2.24, 2.45) is 0 Å². The van der Waals surface area contributed by atoms with E-state index in [-0.39, 0.29) is 5.75 Å². The molecule has 2 rings (SSSR count). The summed E-state index contributed by atoms with van der Waals surface area (Å²) >= 11 is 9.25. The second kappa shape index (κ2) is 5.96. The van der Waals surface area contributed by atoms with Gasteiger partial charge in [-0.05, 0) is 51.8 Å². The zero-order chi connectivity index (χ0) is 13.8. The van der Waals surface area contributed by atoms with Gasteiger partial charge in [-0.25, -0.2) is 0 Å². The number of halogens is 2. The van der Waals surface area contributed by atoms with Crippen LogP contribution in [0.4, 0.5) is 5.69 Å². The molecule has 1 atom stereocenters. The van der Waals surface area contributed by atoms with Crippen molar-refractivity contribution in [1.82, 2.24) is 0 Å². The van der Waals surface area contributed by atoms with Gasteiger partial charge < -0.3 is 10.4 Å². The molecule has 0 radical (unpaired) electrons. The average molecular weight is 338 g/mol. The lowest BCUT2D eigenvalue weighted by molar-refractivity contribution is 0.474. The van der Waals surface area contributed by atoms with E-state index in [1.807, 2.05) is 0 Å². The molecule has 2 aromatic rings. The third kappa shape index (κ3) is 3.40. The van der Waals surface area contributed by atoms with E-state index in [1.165, 1.54) is 0 Å². The van der Waals surface area contributed by atoms with Crippen molar-refractivity contribution in [1.29, 1.82) is 5.26 Å². The van der Waals surface area contributed by atoms with Crippen LogP contribution in [0.3, 0.4) is 0 Å². The molecule has 1 unspecified atom stereocenters. The highest BCUT2D eigenvalue weighted by molar-refractivity contribution is 9.10. The maximum Gasteiger partial charge on any atom is 0.140 e. The number of hydrogen-bond donors (Lipinski definition) is 2. The lowest BCUT2D eigenvalue weighted by Gasteiger charge is -2.14. The largest absolute Gasteiger partial charge is 0.508 e. The summed E-state index contributed by atoms with van der Waals surface area (Å²) in [6, 6.07) is 13.6. The molecule has 0 saturated carbocycles. The number of aromatic hydroxyl groups is 1. The van der Waals surface area contributed by atoms with Gasteiger partial charge in [-0.15, -0.1) is 0 Å². The van der Waals surface area contributed by atoms with Crippen molar-refractivity contribution in [2.45, 2.75) is 6.04 Å². The minimum absolute atomic E-state index is 0.136. The molecule has 5 heteroatoms. The summed E-state index contributed by atoms with van der Waals surface area (Å²) in [6.45, 7) is 0. The van der Waals surface area contributed by atoms with Crippen LogP contribution in [0.25, 0.3) is 0 Å². The SMILES string of the molecule is N#CC(Nc1ccc(Cl)c(Br)c1)c1cccc(O)c1. The predicted molar refractivity (Wildman–Crippen MR) is 79.2 cm³/mol. The number of rotatable bonds is 3. The molecular weight excluding hydrogens is 328 g/mol. The Bertz CT molecular complexity index is 640. The Morgan fingerprint density at radius 2 is 2.05 bits per heavy atom. The fourth-order valence-corrected chi connectivity index (χ4v) is 2.14. The molecule has 0 aliphatic carbocycles. The molecule has 2 aromatic carbocycles. The van der Waals surface area contributed by atoms with Crippen LogP contribution in [0.15, 0.2) is 46.9 Å². The number of nitrogens with one attached hydrogen (secondary N) is 1. The van der Waals surface area contributed by atoms with Crippen LogP contribution in [-0.4, -0.2) is 5.11 Å². The Kier molecular flexibility index (Phi) is 4.31. The Morgan fingerprint density at radius 1 is 1.26 bits per heavy atom. The minimum Gasteiger partial charge on any atom is -0.508 e. The van der Waals surface area contributed by atoms with Crippen molar-refractivity contribution in [3.05, 3.63) is 57.5 Å². The van der Waals surface area contributed by atoms with Crippen molar-refractivity contribution in [3.8, 4) is 11.8 Å². The second-order valence-corrected chi connectivity index (χ2v) is 5.19. The molecular formula is C14H10BrClN2O. The van der Waals surface area contributed by atoms with Gasteiger partial charge in [0.1, 0.15) is 11.8 Å². The topological polar surface area (TPSA) is 56.0 Å². The highest BCUT2D eigenvalue weighted by Gasteiger charge is 2.11. The molecule has 0 aliphatic rings. The molecule has 0 aromatic heterocycles. The van der Waals surface area contributed by atoms with E-state index in [2.05, 4.69) is 27.3 Å². The summed E-state index contributed by atoms with van der Waals surface area (Å²) in [5.41, 5.74) is 1.47. The number of hydrogen-bond acceptors (Lipinski definition) is 3. The van der Waals surface area contributed by atoms with Crippen LogP contribution in [0.2, 0.25) is 5.02 Å². The number of anilines is 1. The minimum atomic E-state index is -0.542. The van der Waals surface area contributed by atoms with Crippen LogP contribution < -0.4 is 5.32 Å². The molecule has 0 spiro atoms. The van der Waals surface area contributed by atoms with Gasteiger partial charge in [-0.1, -0.05) is 23.7 Å². The van der Waals surface area contributed by atoms with E-state index in [1.54, 1.807) is 42.5 Å². The Hall–Kier alpha value is -1.70. The Balaban J connectivity index is 2.24. The predicted octanol–water partition coefficient (Wildman–Crippen LogP) is 4.48. The summed E-state index contributed by atoms with van der Waals surface area (Å²) in [5, 5.41) is 22.4. The summed E-state index contributed by atoms with van der Waals surface area (Å²) in [6.07, 6.45) is 0. The van der Waals surface area contributed by atoms with Gasteiger partial charge in [0.15, 0.2) is 0 Å². The molecule has 96 valence electrons. The Morgan fingerprint density at radius 3 is 2.68 bits per heavy atom. The summed E-state index contributed by atoms with van der Waals surface area (Å²) < 4.78 is 0.756. The third-order valence-corrected chi connectivity index (χ3v) is 3.78. The van der Waals surface area contributed by atoms with E-state index in [0.717, 1.165) is 10.2 Å². The maximum atomic E-state index is 9.44. The van der Waals surface area contributed by atoms with Crippen LogP contribution >= 0.6 is 27.5 Å². The smallest absolute Gasteiger partial charge is 0.140 e. The summed E-state index contributed by atoms with van der Waals surface area (Å²) in [5.74, 6) is 0.136. The van der Waals surface area contributed by atoms with Crippen molar-refractivity contribution in [3.63, 3.8) is 0 Å². The molecule has 0 amide bonds. The normalized spacial score (nSPS) is 11.6. The molecule has 0 aliphatic heterocycles. The third-order valence-electron chi connectivity index (χ3n) is 2.56. The van der Waals surface area contributed by atoms with Crippen molar-refractivity contribution < 1.29 is 5.11 Å². The highest BCUT2D eigenvalue weighted by atomic mass is 79.9. The molecule has 0 heterocycles. The zero-order valence-electron chi connectivity index (χ0n) is 9.77. The number of nitrogens with zero attached hydrogens (tertiary/aromatic N) is 1. The molecule has 19 heavy (non-hydrogen) atoms. The molecule has 0 bridgehead atoms. The molecule has 0 saturated heterocycles. The maximum absolute atomic E-state index is 9.44. The van der Waals surface area contributed by atoms with Crippen LogP contribution in [-0.2, 0) is 0 Å². The van der Waals surface area contributed by atoms with Crippen LogP contribution in [0, 0.1) is 11.3 Å². The highest BCUT2D eigenvalue weighted by Crippen LogP contribution is 2.28. The van der Waals surface area contributed by atoms with Crippen molar-refractivity contribution >= 4 is 33.2 Å². The average Bonchev–Trinajstić information content (AvgIpc) is 2.40. The van der Waals surface area contributed by atoms with Crippen LogP contribution in [0.5, 0.6) is 5.75 Å². The first-order chi connectivity index (χ1) is 9.10. The van der Waals surface area contributed by atoms with E-state index < -0.39 is 6.04 Å². The summed E-state index contributed by atoms with van der Waals surface area (Å²) in [4.78, 5) is 0. The first-order valence-corrected chi connectivity index (χ1v) is 6.67. The first-order valence-electron chi connectivity index (χ1n) is 5.50. The van der Waals surface area contributed by atoms with Gasteiger partial charge >= 0.3 is 0 Å². The lowest BCUT2D eigenvalue weighted by Crippen LogP contribution is -2.08. The quantitative estimate of drug-likeness (QED) is 0.868. The standard InChI is InChI=1S/C14H10BrClN2O/c15-12-7-10(4-5-13(12)16)18-14(8-17)9-2-1-3-11(19)6-9/h1-7,14,18-19H.